The zero-order chi connectivity index (χ0) is 19.5. The summed E-state index contributed by atoms with van der Waals surface area (Å²) >= 11 is 3.39. The van der Waals surface area contributed by atoms with Crippen LogP contribution in [0.4, 0.5) is 4.39 Å². The molecule has 3 aromatic carbocycles. The van der Waals surface area contributed by atoms with Gasteiger partial charge in [-0.25, -0.2) is 4.39 Å². The molecule has 0 saturated heterocycles. The van der Waals surface area contributed by atoms with Crippen LogP contribution in [-0.4, -0.2) is 11.9 Å². The molecule has 4 rings (SSSR count). The fraction of sp³-hybridized carbons (Fsp3) is 0.280. The Morgan fingerprint density at radius 3 is 2.39 bits per heavy atom. The number of fused-ring (bicyclic) bond motifs is 1. The summed E-state index contributed by atoms with van der Waals surface area (Å²) in [5.74, 6) is 1.31. The minimum atomic E-state index is -0.180. The molecule has 0 bridgehead atoms. The number of aryl methyl sites for hydroxylation is 2. The van der Waals surface area contributed by atoms with E-state index in [2.05, 4.69) is 65.3 Å². The van der Waals surface area contributed by atoms with E-state index < -0.39 is 0 Å². The van der Waals surface area contributed by atoms with Crippen LogP contribution in [-0.2, 0) is 6.42 Å². The molecule has 3 aromatic rings. The summed E-state index contributed by atoms with van der Waals surface area (Å²) in [7, 11) is 0. The first-order chi connectivity index (χ1) is 13.7. The van der Waals surface area contributed by atoms with E-state index in [-0.39, 0.29) is 11.7 Å². The first kappa shape index (κ1) is 19.2. The van der Waals surface area contributed by atoms with Gasteiger partial charge in [0.25, 0.3) is 0 Å². The highest BCUT2D eigenvalue weighted by molar-refractivity contribution is 9.09. The third-order valence-corrected chi connectivity index (χ3v) is 5.97. The lowest BCUT2D eigenvalue weighted by Gasteiger charge is -2.35. The van der Waals surface area contributed by atoms with E-state index >= 15 is 0 Å². The molecule has 0 spiro atoms. The van der Waals surface area contributed by atoms with Gasteiger partial charge in [0, 0.05) is 11.2 Å². The maximum absolute atomic E-state index is 13.5. The van der Waals surface area contributed by atoms with E-state index in [1.54, 1.807) is 12.1 Å². The predicted molar refractivity (Wildman–Crippen MR) is 116 cm³/mol. The van der Waals surface area contributed by atoms with Crippen molar-refractivity contribution < 1.29 is 9.13 Å². The van der Waals surface area contributed by atoms with E-state index in [1.165, 1.54) is 27.8 Å². The van der Waals surface area contributed by atoms with Crippen LogP contribution in [0.5, 0.6) is 5.75 Å². The predicted octanol–water partition coefficient (Wildman–Crippen LogP) is 6.77. The molecule has 1 aliphatic rings. The average Bonchev–Trinajstić information content (AvgIpc) is 2.72. The Morgan fingerprint density at radius 1 is 0.964 bits per heavy atom. The summed E-state index contributed by atoms with van der Waals surface area (Å²) in [5, 5.41) is 0.816. The van der Waals surface area contributed by atoms with Crippen LogP contribution in [0.25, 0.3) is 0 Å². The number of alkyl halides is 1. The van der Waals surface area contributed by atoms with E-state index in [0.717, 1.165) is 23.9 Å². The Kier molecular flexibility index (Phi) is 5.82. The summed E-state index contributed by atoms with van der Waals surface area (Å²) in [4.78, 5) is 0. The van der Waals surface area contributed by atoms with E-state index in [4.69, 9.17) is 4.74 Å². The first-order valence-corrected chi connectivity index (χ1v) is 10.9. The molecule has 0 saturated carbocycles. The second-order valence-corrected chi connectivity index (χ2v) is 8.28. The Balaban J connectivity index is 1.74. The second-order valence-electron chi connectivity index (χ2n) is 7.48. The summed E-state index contributed by atoms with van der Waals surface area (Å²) < 4.78 is 19.2. The van der Waals surface area contributed by atoms with Crippen LogP contribution in [0.2, 0.25) is 0 Å². The van der Waals surface area contributed by atoms with E-state index in [0.29, 0.717) is 12.5 Å². The number of ether oxygens (including phenoxy) is 1. The topological polar surface area (TPSA) is 9.23 Å². The van der Waals surface area contributed by atoms with Crippen molar-refractivity contribution in [2.45, 2.75) is 31.6 Å². The van der Waals surface area contributed by atoms with Gasteiger partial charge in [0.15, 0.2) is 0 Å². The monoisotopic (exact) mass is 438 g/mol. The molecular weight excluding hydrogens is 415 g/mol. The molecule has 3 heteroatoms. The van der Waals surface area contributed by atoms with Crippen molar-refractivity contribution in [1.82, 2.24) is 0 Å². The van der Waals surface area contributed by atoms with Crippen molar-refractivity contribution >= 4 is 15.9 Å². The first-order valence-electron chi connectivity index (χ1n) is 9.79. The quantitative estimate of drug-likeness (QED) is 0.399. The summed E-state index contributed by atoms with van der Waals surface area (Å²) in [5.41, 5.74) is 6.61. The molecule has 1 aliphatic carbocycles. The fourth-order valence-electron chi connectivity index (χ4n) is 4.36. The SMILES string of the molecule is Cc1ccc2c(c1)CC[C@H](c1ccc(F)cc1)[C@@H]2c1ccc(OCCBr)cc1. The van der Waals surface area contributed by atoms with Crippen LogP contribution < -0.4 is 4.74 Å². The Hall–Kier alpha value is -2.13. The molecule has 0 aromatic heterocycles. The van der Waals surface area contributed by atoms with Gasteiger partial charge in [0.1, 0.15) is 11.6 Å². The normalized spacial score (nSPS) is 18.5. The number of halogens is 2. The molecule has 0 fully saturated rings. The van der Waals surface area contributed by atoms with Crippen molar-refractivity contribution in [2.24, 2.45) is 0 Å². The highest BCUT2D eigenvalue weighted by Gasteiger charge is 2.32. The number of hydrogen-bond acceptors (Lipinski definition) is 1. The maximum atomic E-state index is 13.5. The van der Waals surface area contributed by atoms with Crippen molar-refractivity contribution in [3.63, 3.8) is 0 Å². The highest BCUT2D eigenvalue weighted by atomic mass is 79.9. The second kappa shape index (κ2) is 8.48. The molecular formula is C25H24BrFO. The lowest BCUT2D eigenvalue weighted by Crippen LogP contribution is -2.20. The van der Waals surface area contributed by atoms with Gasteiger partial charge in [0.05, 0.1) is 6.61 Å². The van der Waals surface area contributed by atoms with Crippen LogP contribution in [0.15, 0.2) is 66.7 Å². The molecule has 2 atom stereocenters. The van der Waals surface area contributed by atoms with Gasteiger partial charge >= 0.3 is 0 Å². The number of hydrogen-bond donors (Lipinski definition) is 0. The standard InChI is InChI=1S/C25H24BrFO/c1-17-2-12-24-20(16-17)7-13-23(18-3-8-21(27)9-4-18)25(24)19-5-10-22(11-6-19)28-15-14-26/h2-6,8-12,16,23,25H,7,13-15H2,1H3/t23-,25+/m1/s1. The van der Waals surface area contributed by atoms with Gasteiger partial charge in [0.2, 0.25) is 0 Å². The van der Waals surface area contributed by atoms with Gasteiger partial charge < -0.3 is 4.74 Å². The molecule has 0 heterocycles. The van der Waals surface area contributed by atoms with Gasteiger partial charge in [-0.1, -0.05) is 64.0 Å². The zero-order valence-corrected chi connectivity index (χ0v) is 17.6. The number of benzene rings is 3. The van der Waals surface area contributed by atoms with Gasteiger partial charge in [-0.3, -0.25) is 0 Å². The smallest absolute Gasteiger partial charge is 0.123 e. The van der Waals surface area contributed by atoms with Crippen molar-refractivity contribution in [3.8, 4) is 5.75 Å². The molecule has 1 nitrogen and oxygen atoms in total. The molecule has 0 unspecified atom stereocenters. The number of rotatable bonds is 5. The van der Waals surface area contributed by atoms with Crippen LogP contribution in [0.1, 0.15) is 46.1 Å². The van der Waals surface area contributed by atoms with Crippen LogP contribution in [0.3, 0.4) is 0 Å². The molecule has 0 radical (unpaired) electrons. The van der Waals surface area contributed by atoms with Crippen molar-refractivity contribution in [3.05, 3.63) is 100 Å². The molecule has 0 N–H and O–H groups in total. The average molecular weight is 439 g/mol. The largest absolute Gasteiger partial charge is 0.493 e. The lowest BCUT2D eigenvalue weighted by molar-refractivity contribution is 0.345. The highest BCUT2D eigenvalue weighted by Crippen LogP contribution is 2.46. The van der Waals surface area contributed by atoms with Crippen LogP contribution in [0, 0.1) is 12.7 Å². The molecule has 0 aliphatic heterocycles. The fourth-order valence-corrected chi connectivity index (χ4v) is 4.52. The van der Waals surface area contributed by atoms with E-state index in [1.807, 2.05) is 12.1 Å². The third-order valence-electron chi connectivity index (χ3n) is 5.64. The molecule has 144 valence electrons. The Bertz CT molecular complexity index is 934. The summed E-state index contributed by atoms with van der Waals surface area (Å²) in [6.07, 6.45) is 2.12. The third kappa shape index (κ3) is 4.00. The molecule has 28 heavy (non-hydrogen) atoms. The minimum absolute atomic E-state index is 0.180. The molecule has 0 amide bonds. The van der Waals surface area contributed by atoms with Gasteiger partial charge in [-0.15, -0.1) is 0 Å². The Morgan fingerprint density at radius 2 is 1.68 bits per heavy atom. The maximum Gasteiger partial charge on any atom is 0.123 e. The van der Waals surface area contributed by atoms with E-state index in [9.17, 15) is 4.39 Å². The van der Waals surface area contributed by atoms with Crippen molar-refractivity contribution in [2.75, 3.05) is 11.9 Å². The van der Waals surface area contributed by atoms with Crippen LogP contribution >= 0.6 is 15.9 Å². The minimum Gasteiger partial charge on any atom is -0.493 e. The zero-order valence-electron chi connectivity index (χ0n) is 16.0. The summed E-state index contributed by atoms with van der Waals surface area (Å²) in [6.45, 7) is 2.81. The Labute approximate surface area is 174 Å². The van der Waals surface area contributed by atoms with Gasteiger partial charge in [-0.05, 0) is 72.2 Å². The lowest BCUT2D eigenvalue weighted by atomic mass is 9.69. The van der Waals surface area contributed by atoms with Gasteiger partial charge in [-0.2, -0.15) is 0 Å². The summed E-state index contributed by atoms with van der Waals surface area (Å²) in [6, 6.07) is 22.3. The van der Waals surface area contributed by atoms with Crippen molar-refractivity contribution in [1.29, 1.82) is 0 Å².